The first-order valence-corrected chi connectivity index (χ1v) is 8.49. The molecule has 6 nitrogen and oxygen atoms in total. The highest BCUT2D eigenvalue weighted by Gasteiger charge is 2.16. The number of rotatable bonds is 6. The fourth-order valence-corrected chi connectivity index (χ4v) is 3.28. The van der Waals surface area contributed by atoms with Crippen LogP contribution in [0.3, 0.4) is 0 Å². The van der Waals surface area contributed by atoms with E-state index in [2.05, 4.69) is 27.3 Å². The van der Waals surface area contributed by atoms with E-state index in [1.54, 1.807) is 19.0 Å². The van der Waals surface area contributed by atoms with Gasteiger partial charge in [0.05, 0.1) is 0 Å². The van der Waals surface area contributed by atoms with Crippen molar-refractivity contribution in [1.82, 2.24) is 9.84 Å². The van der Waals surface area contributed by atoms with Gasteiger partial charge >= 0.3 is 0 Å². The predicted molar refractivity (Wildman–Crippen MR) is 94.5 cm³/mol. The Morgan fingerprint density at radius 1 is 1.32 bits per heavy atom. The van der Waals surface area contributed by atoms with E-state index < -0.39 is 0 Å². The number of nitrogens with two attached hydrogens (primary N) is 2. The lowest BCUT2D eigenvalue weighted by molar-refractivity contribution is 0.371. The van der Waals surface area contributed by atoms with Crippen LogP contribution in [0.15, 0.2) is 28.2 Å². The van der Waals surface area contributed by atoms with Gasteiger partial charge in [-0.1, -0.05) is 19.3 Å². The second-order valence-corrected chi connectivity index (χ2v) is 6.64. The van der Waals surface area contributed by atoms with Crippen LogP contribution in [0.2, 0.25) is 0 Å². The lowest BCUT2D eigenvalue weighted by Gasteiger charge is -2.25. The van der Waals surface area contributed by atoms with Crippen LogP contribution in [0, 0.1) is 0 Å². The van der Waals surface area contributed by atoms with E-state index in [1.807, 2.05) is 13.1 Å². The van der Waals surface area contributed by atoms with Crippen molar-refractivity contribution >= 4 is 23.5 Å². The Bertz CT molecular complexity index is 511. The van der Waals surface area contributed by atoms with Crippen molar-refractivity contribution in [3.8, 4) is 0 Å². The highest BCUT2D eigenvalue weighted by molar-refractivity contribution is 7.97. The van der Waals surface area contributed by atoms with Gasteiger partial charge < -0.3 is 11.1 Å². The van der Waals surface area contributed by atoms with Crippen molar-refractivity contribution in [1.29, 1.82) is 0 Å². The molecular formula is C15H26N6S. The number of nitrogens with zero attached hydrogens (tertiary/aromatic N) is 2. The van der Waals surface area contributed by atoms with Gasteiger partial charge in [0.2, 0.25) is 0 Å². The van der Waals surface area contributed by atoms with Crippen LogP contribution in [0.25, 0.3) is 0 Å². The molecule has 0 bridgehead atoms. The quantitative estimate of drug-likeness (QED) is 0.211. The number of hydrazone groups is 1. The number of hydrogen-bond acceptors (Lipinski definition) is 6. The molecule has 1 aliphatic carbocycles. The molecule has 1 aromatic carbocycles. The van der Waals surface area contributed by atoms with Gasteiger partial charge in [0.15, 0.2) is 5.84 Å². The van der Waals surface area contributed by atoms with Crippen molar-refractivity contribution in [3.05, 3.63) is 23.8 Å². The second-order valence-electron chi connectivity index (χ2n) is 5.55. The highest BCUT2D eigenvalue weighted by Crippen LogP contribution is 2.27. The summed E-state index contributed by atoms with van der Waals surface area (Å²) in [7, 11) is 3.55. The Kier molecular flexibility index (Phi) is 6.35. The number of nitrogens with one attached hydrogen (secondary N) is 2. The molecule has 0 aliphatic heterocycles. The number of hydrazine groups is 1. The lowest BCUT2D eigenvalue weighted by Crippen LogP contribution is -2.28. The normalized spacial score (nSPS) is 16.6. The summed E-state index contributed by atoms with van der Waals surface area (Å²) in [5.41, 5.74) is 8.04. The SMILES string of the molecule is CNSc1ccc(NC2CCCCC2)c(/C(N)=N/N(C)N)c1. The largest absolute Gasteiger partial charge is 0.382 e. The molecule has 7 heteroatoms. The maximum Gasteiger partial charge on any atom is 0.154 e. The summed E-state index contributed by atoms with van der Waals surface area (Å²) in [6, 6.07) is 6.70. The Balaban J connectivity index is 2.26. The summed E-state index contributed by atoms with van der Waals surface area (Å²) in [4.78, 5) is 1.09. The zero-order chi connectivity index (χ0) is 15.9. The van der Waals surface area contributed by atoms with Crippen molar-refractivity contribution in [2.24, 2.45) is 16.7 Å². The maximum absolute atomic E-state index is 6.13. The van der Waals surface area contributed by atoms with E-state index in [4.69, 9.17) is 11.6 Å². The molecule has 0 saturated heterocycles. The molecule has 1 saturated carbocycles. The van der Waals surface area contributed by atoms with Gasteiger partial charge in [0.25, 0.3) is 0 Å². The van der Waals surface area contributed by atoms with Crippen LogP contribution >= 0.6 is 11.9 Å². The lowest BCUT2D eigenvalue weighted by atomic mass is 9.95. The maximum atomic E-state index is 6.13. The van der Waals surface area contributed by atoms with Crippen molar-refractivity contribution < 1.29 is 0 Å². The number of benzene rings is 1. The van der Waals surface area contributed by atoms with Crippen LogP contribution < -0.4 is 21.6 Å². The monoisotopic (exact) mass is 322 g/mol. The van der Waals surface area contributed by atoms with Crippen molar-refractivity contribution in [2.75, 3.05) is 19.4 Å². The zero-order valence-electron chi connectivity index (χ0n) is 13.3. The van der Waals surface area contributed by atoms with E-state index in [1.165, 1.54) is 37.2 Å². The molecule has 1 aromatic rings. The van der Waals surface area contributed by atoms with E-state index in [-0.39, 0.29) is 0 Å². The topological polar surface area (TPSA) is 91.7 Å². The third kappa shape index (κ3) is 4.79. The zero-order valence-corrected chi connectivity index (χ0v) is 14.1. The number of hydrogen-bond donors (Lipinski definition) is 4. The van der Waals surface area contributed by atoms with Crippen LogP contribution in [-0.2, 0) is 0 Å². The van der Waals surface area contributed by atoms with Crippen LogP contribution in [0.4, 0.5) is 5.69 Å². The smallest absolute Gasteiger partial charge is 0.154 e. The molecule has 2 rings (SSSR count). The Hall–Kier alpha value is -1.44. The minimum atomic E-state index is 0.418. The summed E-state index contributed by atoms with van der Waals surface area (Å²) in [5.74, 6) is 6.01. The summed E-state index contributed by atoms with van der Waals surface area (Å²) >= 11 is 1.55. The van der Waals surface area contributed by atoms with Gasteiger partial charge in [-0.25, -0.2) is 11.0 Å². The minimum absolute atomic E-state index is 0.418. The third-order valence-electron chi connectivity index (χ3n) is 3.72. The summed E-state index contributed by atoms with van der Waals surface area (Å²) in [5, 5.41) is 9.00. The number of amidine groups is 1. The first kappa shape index (κ1) is 16.9. The van der Waals surface area contributed by atoms with Gasteiger partial charge in [0, 0.05) is 29.2 Å². The molecule has 0 amide bonds. The van der Waals surface area contributed by atoms with Crippen molar-refractivity contribution in [3.63, 3.8) is 0 Å². The molecule has 1 aliphatic rings. The molecule has 122 valence electrons. The van der Waals surface area contributed by atoms with Crippen LogP contribution in [-0.4, -0.2) is 31.1 Å². The second kappa shape index (κ2) is 8.26. The summed E-state index contributed by atoms with van der Waals surface area (Å²) < 4.78 is 3.07. The average Bonchev–Trinajstić information content (AvgIpc) is 2.49. The van der Waals surface area contributed by atoms with Crippen LogP contribution in [0.5, 0.6) is 0 Å². The molecule has 0 aromatic heterocycles. The molecule has 22 heavy (non-hydrogen) atoms. The first-order chi connectivity index (χ1) is 10.6. The van der Waals surface area contributed by atoms with Crippen molar-refractivity contribution in [2.45, 2.75) is 43.0 Å². The average molecular weight is 322 g/mol. The molecule has 0 unspecified atom stereocenters. The Labute approximate surface area is 136 Å². The third-order valence-corrected chi connectivity index (χ3v) is 4.41. The molecule has 1 fully saturated rings. The fourth-order valence-electron chi connectivity index (χ4n) is 2.73. The molecule has 0 spiro atoms. The van der Waals surface area contributed by atoms with E-state index in [0.717, 1.165) is 16.1 Å². The number of anilines is 1. The minimum Gasteiger partial charge on any atom is -0.382 e. The predicted octanol–water partition coefficient (Wildman–Crippen LogP) is 2.08. The summed E-state index contributed by atoms with van der Waals surface area (Å²) in [6.45, 7) is 0. The van der Waals surface area contributed by atoms with Crippen LogP contribution in [0.1, 0.15) is 37.7 Å². The first-order valence-electron chi connectivity index (χ1n) is 7.67. The van der Waals surface area contributed by atoms with Gasteiger partial charge in [-0.2, -0.15) is 0 Å². The fraction of sp³-hybridized carbons (Fsp3) is 0.533. The molecule has 6 N–H and O–H groups in total. The van der Waals surface area contributed by atoms with Gasteiger partial charge in [0.1, 0.15) is 0 Å². The molecule has 0 radical (unpaired) electrons. The van der Waals surface area contributed by atoms with Gasteiger partial charge in [-0.15, -0.1) is 5.10 Å². The van der Waals surface area contributed by atoms with Gasteiger partial charge in [-0.05, 0) is 50.0 Å². The van der Waals surface area contributed by atoms with E-state index >= 15 is 0 Å². The Morgan fingerprint density at radius 3 is 2.68 bits per heavy atom. The standard InChI is InChI=1S/C15H26N6S/c1-18-22-12-8-9-14(19-11-6-4-3-5-7-11)13(10-12)15(16)20-21(2)17/h8-11,18-19H,3-7,17H2,1-2H3,(H2,16,20). The molecule has 0 atom stereocenters. The molecule has 0 heterocycles. The van der Waals surface area contributed by atoms with E-state index in [9.17, 15) is 0 Å². The Morgan fingerprint density at radius 2 is 2.05 bits per heavy atom. The van der Waals surface area contributed by atoms with E-state index in [0.29, 0.717) is 11.9 Å². The highest BCUT2D eigenvalue weighted by atomic mass is 32.2. The molecular weight excluding hydrogens is 296 g/mol. The summed E-state index contributed by atoms with van der Waals surface area (Å²) in [6.07, 6.45) is 6.33. The van der Waals surface area contributed by atoms with Gasteiger partial charge in [-0.3, -0.25) is 4.72 Å².